The number of carbonyl (C=O) groups excluding carboxylic acids is 4. The number of rotatable bonds is 25. The topological polar surface area (TPSA) is 462 Å². The summed E-state index contributed by atoms with van der Waals surface area (Å²) in [5.74, 6) is -16.5. The first-order valence-corrected chi connectivity index (χ1v) is 31.5. The highest BCUT2D eigenvalue weighted by Crippen LogP contribution is 2.41. The van der Waals surface area contributed by atoms with Crippen LogP contribution in [0.4, 0.5) is 26.3 Å². The van der Waals surface area contributed by atoms with Crippen LogP contribution in [0.5, 0.6) is 0 Å². The highest BCUT2D eigenvalue weighted by Gasteiger charge is 2.55. The summed E-state index contributed by atoms with van der Waals surface area (Å²) in [7, 11) is 0. The third kappa shape index (κ3) is 16.7. The van der Waals surface area contributed by atoms with Crippen molar-refractivity contribution in [1.29, 1.82) is 0 Å². The summed E-state index contributed by atoms with van der Waals surface area (Å²) in [6, 6.07) is -3.29. The highest BCUT2D eigenvalue weighted by atomic mass is 19.2. The lowest BCUT2D eigenvalue weighted by molar-refractivity contribution is -0.337. The summed E-state index contributed by atoms with van der Waals surface area (Å²) in [4.78, 5) is 67.2. The first-order chi connectivity index (χ1) is 46.5. The van der Waals surface area contributed by atoms with Crippen molar-refractivity contribution in [3.8, 4) is 22.5 Å². The number of amides is 4. The second-order valence-corrected chi connectivity index (χ2v) is 25.0. The fourth-order valence-electron chi connectivity index (χ4n) is 13.1. The number of carboxylic acid groups (broad SMARTS) is 1. The van der Waals surface area contributed by atoms with E-state index in [0.717, 1.165) is 35.6 Å². The Balaban J connectivity index is 0.952. The number of carbonyl (C=O) groups is 5. The molecule has 542 valence electrons. The molecule has 3 saturated heterocycles. The first kappa shape index (κ1) is 75.2. The lowest BCUT2D eigenvalue weighted by Gasteiger charge is -2.49. The molecule has 32 nitrogen and oxygen atoms in total. The number of halogens is 6. The van der Waals surface area contributed by atoms with Crippen LogP contribution in [-0.4, -0.2) is 259 Å². The highest BCUT2D eigenvalue weighted by molar-refractivity contribution is 5.80. The van der Waals surface area contributed by atoms with Crippen LogP contribution in [0.3, 0.4) is 0 Å². The number of hydrogen-bond acceptors (Lipinski definition) is 25. The van der Waals surface area contributed by atoms with Crippen LogP contribution in [0.1, 0.15) is 84.7 Å². The van der Waals surface area contributed by atoms with Crippen molar-refractivity contribution in [3.63, 3.8) is 0 Å². The van der Waals surface area contributed by atoms with Gasteiger partial charge in [0.25, 0.3) is 0 Å². The average molecular weight is 1410 g/mol. The summed E-state index contributed by atoms with van der Waals surface area (Å²) in [5.41, 5.74) is -3.25. The van der Waals surface area contributed by atoms with Gasteiger partial charge in [0, 0.05) is 56.3 Å². The van der Waals surface area contributed by atoms with Crippen LogP contribution < -0.4 is 21.3 Å². The number of benzene rings is 2. The van der Waals surface area contributed by atoms with E-state index in [-0.39, 0.29) is 67.7 Å². The fourth-order valence-corrected chi connectivity index (χ4v) is 13.1. The number of aromatic nitrogens is 6. The Morgan fingerprint density at radius 1 is 0.653 bits per heavy atom. The molecule has 14 N–H and O–H groups in total. The van der Waals surface area contributed by atoms with Gasteiger partial charge in [-0.05, 0) is 63.3 Å². The van der Waals surface area contributed by atoms with Crippen LogP contribution in [-0.2, 0) is 57.1 Å². The second kappa shape index (κ2) is 32.1. The molecule has 4 amide bonds. The number of nitrogens with one attached hydrogen (secondary N) is 4. The van der Waals surface area contributed by atoms with E-state index in [4.69, 9.17) is 33.2 Å². The zero-order valence-electron chi connectivity index (χ0n) is 53.0. The smallest absolute Gasteiger partial charge is 0.332 e. The van der Waals surface area contributed by atoms with Gasteiger partial charge in [0.05, 0.1) is 62.6 Å². The Labute approximate surface area is 553 Å². The lowest BCUT2D eigenvalue weighted by atomic mass is 9.80. The molecule has 23 atom stereocenters. The monoisotopic (exact) mass is 1400 g/mol. The number of aliphatic carboxylic acids is 1. The van der Waals surface area contributed by atoms with Crippen LogP contribution in [0, 0.1) is 46.7 Å². The Kier molecular flexibility index (Phi) is 24.7. The molecule has 15 unspecified atom stereocenters. The molecular formula is C60H78F6N10O22. The minimum Gasteiger partial charge on any atom is -0.479 e. The van der Waals surface area contributed by atoms with E-state index in [0.29, 0.717) is 30.7 Å². The van der Waals surface area contributed by atoms with Crippen LogP contribution in [0.2, 0.25) is 0 Å². The summed E-state index contributed by atoms with van der Waals surface area (Å²) >= 11 is 0. The standard InChI is InChI=1S/C60H78F6N10O22/c1-5-6-38(56(89)90)93-52-45(70-25(4)81)57(96-42(21-78)49(52)84)95-40-16-28(13-34(69-24(3)80)51(40)98-59-53(86)60(91,22-79)17-23(2)92-59)54(87)67-7-8-68-55(88)29-14-37(75-18-35(71-73-75)26-9-30(61)43(65)31(62)10-26)47(82)39(15-29)94-58-50(85)46(48(83)41(20-77)97-58)76-19-36(72-74-76)27-11-32(63)44(66)33(64)12-27/h9-12,18-19,23,28-29,34,37-42,45-53,57-59,77-79,82-86,91H,5-8,13-17,20-22H2,1-4H3,(H,67,87)(H,68,88)(H,69,80)(H,70,81)(H,89,90)/t23?,28?,29?,34?,37?,38-,39+,40+,41?,42?,45?,46?,47?,48-,49-,50?,51?,52?,53?,57+,58+,59-,60?/m0/s1. The maximum absolute atomic E-state index is 14.5. The summed E-state index contributed by atoms with van der Waals surface area (Å²) in [6.07, 6.45) is -25.7. The Morgan fingerprint density at radius 2 is 1.17 bits per heavy atom. The number of ether oxygens (including phenoxy) is 7. The van der Waals surface area contributed by atoms with E-state index in [9.17, 15) is 101 Å². The molecule has 2 saturated carbocycles. The molecule has 5 aliphatic rings. The molecule has 0 bridgehead atoms. The maximum Gasteiger partial charge on any atom is 0.332 e. The number of hydrogen-bond donors (Lipinski definition) is 14. The maximum atomic E-state index is 14.5. The first-order valence-electron chi connectivity index (χ1n) is 31.5. The molecule has 5 heterocycles. The molecule has 2 aromatic heterocycles. The number of nitrogens with zero attached hydrogens (tertiary/aromatic N) is 6. The minimum absolute atomic E-state index is 0.0658. The van der Waals surface area contributed by atoms with Crippen molar-refractivity contribution in [3.05, 3.63) is 71.6 Å². The normalized spacial score (nSPS) is 33.9. The summed E-state index contributed by atoms with van der Waals surface area (Å²) in [6.45, 7) is 1.96. The van der Waals surface area contributed by atoms with E-state index in [1.54, 1.807) is 6.92 Å². The zero-order chi connectivity index (χ0) is 71.4. The molecule has 0 spiro atoms. The third-order valence-electron chi connectivity index (χ3n) is 17.9. The molecule has 98 heavy (non-hydrogen) atoms. The number of carboxylic acids is 1. The fraction of sp³-hybridized carbons (Fsp3) is 0.650. The lowest BCUT2D eigenvalue weighted by Crippen LogP contribution is -2.68. The van der Waals surface area contributed by atoms with E-state index >= 15 is 0 Å². The SMILES string of the molecule is CCC[C@H](OC1C(NC(C)=O)[C@H](O[C@@H]2CC(C(=O)NCCNC(=O)C3CC(n4cc(-c5cc(F)c(F)c(F)c5)nn4)C(O)[C@H](O[C@@H]4OC(CO)[C@H](O)C(n5cc(-c6cc(F)c(F)c(F)c6)nn5)C4O)C3)CC(NC(C)=O)C2O[C@@H]2OC(C)CC(O)(CO)C2O)OC(CO)[C@@H]1O)C(=O)O. The average Bonchev–Trinajstić information content (AvgIpc) is 1.14. The van der Waals surface area contributed by atoms with Crippen molar-refractivity contribution in [1.82, 2.24) is 51.3 Å². The Hall–Kier alpha value is -6.99. The molecule has 9 rings (SSSR count). The molecule has 38 heteroatoms. The predicted molar refractivity (Wildman–Crippen MR) is 314 cm³/mol. The van der Waals surface area contributed by atoms with Crippen LogP contribution in [0.25, 0.3) is 22.5 Å². The van der Waals surface area contributed by atoms with Gasteiger partial charge in [-0.1, -0.05) is 23.8 Å². The molecule has 0 radical (unpaired) electrons. The van der Waals surface area contributed by atoms with Crippen molar-refractivity contribution < 1.29 is 135 Å². The van der Waals surface area contributed by atoms with Gasteiger partial charge in [-0.25, -0.2) is 40.5 Å². The van der Waals surface area contributed by atoms with E-state index in [1.807, 2.05) is 0 Å². The van der Waals surface area contributed by atoms with Gasteiger partial charge in [0.1, 0.15) is 84.0 Å². The van der Waals surface area contributed by atoms with Crippen molar-refractivity contribution in [2.45, 2.75) is 201 Å². The van der Waals surface area contributed by atoms with Gasteiger partial charge in [0.15, 0.2) is 59.9 Å². The van der Waals surface area contributed by atoms with E-state index in [2.05, 4.69) is 41.9 Å². The van der Waals surface area contributed by atoms with Crippen LogP contribution in [0.15, 0.2) is 36.7 Å². The van der Waals surface area contributed by atoms with Gasteiger partial charge in [0.2, 0.25) is 23.6 Å². The summed E-state index contributed by atoms with van der Waals surface area (Å²) < 4.78 is 130. The molecule has 2 aliphatic carbocycles. The molecule has 2 aromatic carbocycles. The van der Waals surface area contributed by atoms with Crippen molar-refractivity contribution >= 4 is 29.6 Å². The van der Waals surface area contributed by atoms with Crippen LogP contribution >= 0.6 is 0 Å². The van der Waals surface area contributed by atoms with Gasteiger partial charge >= 0.3 is 5.97 Å². The Bertz CT molecular complexity index is 3410. The third-order valence-corrected chi connectivity index (χ3v) is 17.9. The molecule has 4 aromatic rings. The molecule has 5 fully saturated rings. The van der Waals surface area contributed by atoms with Crippen molar-refractivity contribution in [2.75, 3.05) is 32.9 Å². The predicted octanol–water partition coefficient (Wildman–Crippen LogP) is -2.23. The second-order valence-electron chi connectivity index (χ2n) is 25.0. The Morgan fingerprint density at radius 3 is 1.71 bits per heavy atom. The van der Waals surface area contributed by atoms with Gasteiger partial charge in [-0.15, -0.1) is 10.2 Å². The summed E-state index contributed by atoms with van der Waals surface area (Å²) in [5, 5.41) is 137. The van der Waals surface area contributed by atoms with E-state index in [1.165, 1.54) is 6.92 Å². The quantitative estimate of drug-likeness (QED) is 0.0190. The van der Waals surface area contributed by atoms with Gasteiger partial charge in [-0.3, -0.25) is 19.2 Å². The largest absolute Gasteiger partial charge is 0.479 e. The number of aliphatic hydroxyl groups excluding tert-OH is 8. The minimum atomic E-state index is -2.17. The molecular weight excluding hydrogens is 1330 g/mol. The van der Waals surface area contributed by atoms with Gasteiger partial charge in [-0.2, -0.15) is 0 Å². The number of aliphatic hydroxyl groups is 9. The van der Waals surface area contributed by atoms with Crippen molar-refractivity contribution in [2.24, 2.45) is 11.8 Å². The van der Waals surface area contributed by atoms with Gasteiger partial charge < -0.3 is 105 Å². The van der Waals surface area contributed by atoms with E-state index < -0.39 is 231 Å². The zero-order valence-corrected chi connectivity index (χ0v) is 53.0. The molecule has 3 aliphatic heterocycles.